The topological polar surface area (TPSA) is 71.7 Å². The molecule has 0 unspecified atom stereocenters. The summed E-state index contributed by atoms with van der Waals surface area (Å²) >= 11 is 7.09. The number of aromatic nitrogens is 2. The summed E-state index contributed by atoms with van der Waals surface area (Å²) in [7, 11) is 0. The second-order valence-electron chi connectivity index (χ2n) is 5.30. The Morgan fingerprint density at radius 1 is 1.33 bits per heavy atom. The van der Waals surface area contributed by atoms with E-state index in [0.29, 0.717) is 16.3 Å². The third kappa shape index (κ3) is 2.86. The minimum Gasteiger partial charge on any atom is -0.477 e. The summed E-state index contributed by atoms with van der Waals surface area (Å²) < 4.78 is 1.24. The quantitative estimate of drug-likeness (QED) is 0.769. The van der Waals surface area contributed by atoms with E-state index >= 15 is 0 Å². The Morgan fingerprint density at radius 3 is 2.75 bits per heavy atom. The zero-order chi connectivity index (χ0) is 17.4. The molecular formula is C17H13ClN2O3S. The lowest BCUT2D eigenvalue weighted by Gasteiger charge is -2.01. The molecule has 0 amide bonds. The number of hydrogen-bond acceptors (Lipinski definition) is 4. The number of hydrogen-bond donors (Lipinski definition) is 1. The van der Waals surface area contributed by atoms with Crippen LogP contribution in [0.5, 0.6) is 0 Å². The highest BCUT2D eigenvalue weighted by atomic mass is 35.5. The standard InChI is InChI=1S/C17H13ClN2O3S/c1-9-4-3-5-11(8-9)6-7-12-13(18)15(21)20-10(2)14(16(22)23)24-17(20)19-12/h3-8H,1-2H3,(H,22,23)/b7-6+. The van der Waals surface area contributed by atoms with Gasteiger partial charge in [-0.25, -0.2) is 9.78 Å². The van der Waals surface area contributed by atoms with Crippen LogP contribution in [0.25, 0.3) is 17.1 Å². The fraction of sp³-hybridized carbons (Fsp3) is 0.118. The molecule has 0 fully saturated rings. The SMILES string of the molecule is Cc1cccc(/C=C/c2nc3sc(C(=O)O)c(C)n3c(=O)c2Cl)c1. The van der Waals surface area contributed by atoms with Crippen LogP contribution in [-0.4, -0.2) is 20.5 Å². The summed E-state index contributed by atoms with van der Waals surface area (Å²) in [6, 6.07) is 7.85. The van der Waals surface area contributed by atoms with Crippen molar-refractivity contribution in [3.05, 3.63) is 67.0 Å². The number of nitrogens with zero attached hydrogens (tertiary/aromatic N) is 2. The van der Waals surface area contributed by atoms with Gasteiger partial charge in [-0.3, -0.25) is 9.20 Å². The maximum absolute atomic E-state index is 12.4. The maximum Gasteiger partial charge on any atom is 0.347 e. The van der Waals surface area contributed by atoms with Gasteiger partial charge in [-0.05, 0) is 25.5 Å². The van der Waals surface area contributed by atoms with Gasteiger partial charge < -0.3 is 5.11 Å². The maximum atomic E-state index is 12.4. The molecule has 0 aliphatic heterocycles. The molecule has 0 aliphatic rings. The van der Waals surface area contributed by atoms with Crippen LogP contribution in [-0.2, 0) is 0 Å². The van der Waals surface area contributed by atoms with Crippen molar-refractivity contribution in [1.29, 1.82) is 0 Å². The van der Waals surface area contributed by atoms with Crippen LogP contribution < -0.4 is 5.56 Å². The summed E-state index contributed by atoms with van der Waals surface area (Å²) in [6.45, 7) is 3.55. The normalized spacial score (nSPS) is 11.5. The van der Waals surface area contributed by atoms with Crippen LogP contribution in [0.4, 0.5) is 0 Å². The Morgan fingerprint density at radius 2 is 2.08 bits per heavy atom. The number of rotatable bonds is 3. The molecule has 2 heterocycles. The van der Waals surface area contributed by atoms with E-state index in [-0.39, 0.29) is 9.90 Å². The number of thiazole rings is 1. The van der Waals surface area contributed by atoms with Gasteiger partial charge in [0.1, 0.15) is 9.90 Å². The smallest absolute Gasteiger partial charge is 0.347 e. The Bertz CT molecular complexity index is 1050. The molecule has 3 aromatic rings. The molecular weight excluding hydrogens is 348 g/mol. The lowest BCUT2D eigenvalue weighted by atomic mass is 10.1. The highest BCUT2D eigenvalue weighted by Crippen LogP contribution is 2.23. The first-order valence-electron chi connectivity index (χ1n) is 7.08. The molecule has 0 saturated heterocycles. The number of fused-ring (bicyclic) bond motifs is 1. The zero-order valence-corrected chi connectivity index (χ0v) is 14.5. The van der Waals surface area contributed by atoms with Gasteiger partial charge in [0.05, 0.1) is 11.4 Å². The lowest BCUT2D eigenvalue weighted by Crippen LogP contribution is -2.17. The third-order valence-electron chi connectivity index (χ3n) is 3.55. The molecule has 24 heavy (non-hydrogen) atoms. The Hall–Kier alpha value is -2.44. The Labute approximate surface area is 146 Å². The van der Waals surface area contributed by atoms with Crippen LogP contribution in [0.15, 0.2) is 29.1 Å². The van der Waals surface area contributed by atoms with Crippen molar-refractivity contribution in [2.45, 2.75) is 13.8 Å². The second-order valence-corrected chi connectivity index (χ2v) is 6.66. The van der Waals surface area contributed by atoms with Crippen LogP contribution in [0.2, 0.25) is 5.02 Å². The van der Waals surface area contributed by atoms with Crippen molar-refractivity contribution in [2.24, 2.45) is 0 Å². The monoisotopic (exact) mass is 360 g/mol. The lowest BCUT2D eigenvalue weighted by molar-refractivity contribution is 0.0701. The van der Waals surface area contributed by atoms with Crippen LogP contribution >= 0.6 is 22.9 Å². The van der Waals surface area contributed by atoms with E-state index < -0.39 is 11.5 Å². The molecule has 122 valence electrons. The van der Waals surface area contributed by atoms with Crippen molar-refractivity contribution < 1.29 is 9.90 Å². The summed E-state index contributed by atoms with van der Waals surface area (Å²) in [4.78, 5) is 28.4. The van der Waals surface area contributed by atoms with Crippen molar-refractivity contribution >= 4 is 46.0 Å². The van der Waals surface area contributed by atoms with Gasteiger partial charge in [0.2, 0.25) is 0 Å². The Kier molecular flexibility index (Phi) is 4.26. The average molecular weight is 361 g/mol. The highest BCUT2D eigenvalue weighted by molar-refractivity contribution is 7.18. The highest BCUT2D eigenvalue weighted by Gasteiger charge is 2.19. The Balaban J connectivity index is 2.14. The number of aromatic carboxylic acids is 1. The molecule has 1 N–H and O–H groups in total. The zero-order valence-electron chi connectivity index (χ0n) is 12.9. The number of aryl methyl sites for hydroxylation is 2. The molecule has 0 bridgehead atoms. The molecule has 5 nitrogen and oxygen atoms in total. The summed E-state index contributed by atoms with van der Waals surface area (Å²) in [5, 5.41) is 9.16. The van der Waals surface area contributed by atoms with Crippen molar-refractivity contribution in [1.82, 2.24) is 9.38 Å². The number of carboxylic acids is 1. The number of halogens is 1. The molecule has 0 atom stereocenters. The van der Waals surface area contributed by atoms with Crippen molar-refractivity contribution in [3.8, 4) is 0 Å². The van der Waals surface area contributed by atoms with Crippen LogP contribution in [0.1, 0.15) is 32.2 Å². The fourth-order valence-corrected chi connectivity index (χ4v) is 3.54. The van der Waals surface area contributed by atoms with Crippen molar-refractivity contribution in [3.63, 3.8) is 0 Å². The molecule has 3 rings (SSSR count). The third-order valence-corrected chi connectivity index (χ3v) is 5.04. The van der Waals surface area contributed by atoms with E-state index in [4.69, 9.17) is 11.6 Å². The van der Waals surface area contributed by atoms with Crippen molar-refractivity contribution in [2.75, 3.05) is 0 Å². The molecule has 0 radical (unpaired) electrons. The van der Waals surface area contributed by atoms with Crippen LogP contribution in [0.3, 0.4) is 0 Å². The first-order valence-corrected chi connectivity index (χ1v) is 8.27. The van der Waals surface area contributed by atoms with E-state index in [1.165, 1.54) is 4.40 Å². The van der Waals surface area contributed by atoms with E-state index in [1.54, 1.807) is 13.0 Å². The van der Waals surface area contributed by atoms with E-state index in [9.17, 15) is 14.7 Å². The fourth-order valence-electron chi connectivity index (χ4n) is 2.39. The largest absolute Gasteiger partial charge is 0.477 e. The van der Waals surface area contributed by atoms with E-state index in [2.05, 4.69) is 4.98 Å². The minimum absolute atomic E-state index is 0.0331. The molecule has 0 saturated carbocycles. The van der Waals surface area contributed by atoms with Gasteiger partial charge in [-0.2, -0.15) is 0 Å². The minimum atomic E-state index is -1.09. The van der Waals surface area contributed by atoms with Gasteiger partial charge in [0.15, 0.2) is 4.96 Å². The van der Waals surface area contributed by atoms with Gasteiger partial charge in [-0.1, -0.05) is 58.8 Å². The molecule has 0 spiro atoms. The first-order chi connectivity index (χ1) is 11.4. The summed E-state index contributed by atoms with van der Waals surface area (Å²) in [6.07, 6.45) is 3.48. The average Bonchev–Trinajstić information content (AvgIpc) is 2.86. The van der Waals surface area contributed by atoms with Gasteiger partial charge in [-0.15, -0.1) is 0 Å². The van der Waals surface area contributed by atoms with E-state index in [0.717, 1.165) is 22.5 Å². The molecule has 0 aliphatic carbocycles. The first kappa shape index (κ1) is 16.4. The second kappa shape index (κ2) is 6.22. The van der Waals surface area contributed by atoms with Gasteiger partial charge in [0.25, 0.3) is 5.56 Å². The van der Waals surface area contributed by atoms with E-state index in [1.807, 2.05) is 37.3 Å². The van der Waals surface area contributed by atoms with Gasteiger partial charge in [0, 0.05) is 0 Å². The number of carboxylic acid groups (broad SMARTS) is 1. The van der Waals surface area contributed by atoms with Gasteiger partial charge >= 0.3 is 5.97 Å². The molecule has 2 aromatic heterocycles. The summed E-state index contributed by atoms with van der Waals surface area (Å²) in [5.74, 6) is -1.09. The van der Waals surface area contributed by atoms with Crippen LogP contribution in [0, 0.1) is 13.8 Å². The predicted octanol–water partition coefficient (Wildman–Crippen LogP) is 3.89. The number of benzene rings is 1. The number of carbonyl (C=O) groups is 1. The predicted molar refractivity (Wildman–Crippen MR) is 96.2 cm³/mol. The molecule has 1 aromatic carbocycles. The summed E-state index contributed by atoms with van der Waals surface area (Å²) in [5.41, 5.74) is 2.26. The molecule has 7 heteroatoms.